The second-order valence-electron chi connectivity index (χ2n) is 1.23. The van der Waals surface area contributed by atoms with Gasteiger partial charge in [-0.1, -0.05) is 5.34 Å². The molecule has 0 rings (SSSR count). The molecule has 4 N–H and O–H groups in total. The molecule has 6 heteroatoms. The lowest BCUT2D eigenvalue weighted by molar-refractivity contribution is -1.54. The maximum Gasteiger partial charge on any atom is 0.104 e. The largest absolute Gasteiger partial charge is 0.550 e. The van der Waals surface area contributed by atoms with Gasteiger partial charge in [-0.05, 0) is 7.05 Å². The highest BCUT2D eigenvalue weighted by atomic mass is 16.8. The second kappa shape index (κ2) is 3.72. The zero-order valence-electron chi connectivity index (χ0n) is 4.80. The van der Waals surface area contributed by atoms with Crippen molar-refractivity contribution in [3.8, 4) is 0 Å². The van der Waals surface area contributed by atoms with E-state index in [-0.39, 0.29) is 5.12 Å². The third kappa shape index (κ3) is 2.86. The molecule has 0 fully saturated rings. The number of rotatable bonds is 3. The fourth-order valence-corrected chi connectivity index (χ4v) is 0.216. The quantitative estimate of drug-likeness (QED) is 0.295. The van der Waals surface area contributed by atoms with Crippen molar-refractivity contribution in [2.75, 3.05) is 14.1 Å². The molecule has 0 saturated heterocycles. The van der Waals surface area contributed by atoms with Gasteiger partial charge in [0.05, 0.1) is 0 Å². The van der Waals surface area contributed by atoms with Gasteiger partial charge in [0, 0.05) is 0 Å². The average Bonchev–Trinajstić information content (AvgIpc) is 1.67. The van der Waals surface area contributed by atoms with E-state index in [2.05, 4.69) is 11.0 Å². The highest BCUT2D eigenvalue weighted by Gasteiger charge is 1.89. The van der Waals surface area contributed by atoms with Gasteiger partial charge in [0.15, 0.2) is 0 Å². The van der Waals surface area contributed by atoms with Crippen molar-refractivity contribution < 1.29 is 15.7 Å². The predicted molar refractivity (Wildman–Crippen MR) is 25.4 cm³/mol. The van der Waals surface area contributed by atoms with E-state index in [4.69, 9.17) is 5.21 Å². The van der Waals surface area contributed by atoms with Crippen molar-refractivity contribution in [3.05, 3.63) is 10.7 Å². The van der Waals surface area contributed by atoms with Crippen molar-refractivity contribution in [2.45, 2.75) is 0 Å². The summed E-state index contributed by atoms with van der Waals surface area (Å²) < 4.78 is 0. The topological polar surface area (TPSA) is 78.3 Å². The fourth-order valence-electron chi connectivity index (χ4n) is 0.216. The van der Waals surface area contributed by atoms with Crippen LogP contribution in [0.5, 0.6) is 0 Å². The highest BCUT2D eigenvalue weighted by molar-refractivity contribution is 4.32. The van der Waals surface area contributed by atoms with Crippen LogP contribution < -0.4 is 15.9 Å². The molecule has 0 amide bonds. The minimum Gasteiger partial charge on any atom is -0.550 e. The molecule has 0 aromatic rings. The van der Waals surface area contributed by atoms with Crippen molar-refractivity contribution >= 4 is 0 Å². The summed E-state index contributed by atoms with van der Waals surface area (Å²) in [6.45, 7) is 0. The zero-order chi connectivity index (χ0) is 6.57. The molecule has 0 aromatic heterocycles. The van der Waals surface area contributed by atoms with E-state index in [1.165, 1.54) is 7.05 Å². The molecule has 0 aliphatic carbocycles. The van der Waals surface area contributed by atoms with Crippen LogP contribution >= 0.6 is 0 Å². The fraction of sp³-hybridized carbons (Fsp3) is 1.00. The number of hydrogen-bond donors (Lipinski definition) is 4. The summed E-state index contributed by atoms with van der Waals surface area (Å²) in [7, 11) is 2.96. The molecule has 0 radical (unpaired) electrons. The molecule has 8 heavy (non-hydrogen) atoms. The highest BCUT2D eigenvalue weighted by Crippen LogP contribution is 1.41. The molecule has 0 heterocycles. The van der Waals surface area contributed by atoms with E-state index < -0.39 is 5.34 Å². The standard InChI is InChI=1S/C2H10N4O2/c1-3-4-5(2)6(7)8/h3,5-7H,1-2H3. The van der Waals surface area contributed by atoms with E-state index in [0.29, 0.717) is 0 Å². The Kier molecular flexibility index (Phi) is 3.61. The number of nitrogens with zero attached hydrogens (tertiary/aromatic N) is 1. The third-order valence-electron chi connectivity index (χ3n) is 0.589. The van der Waals surface area contributed by atoms with Crippen molar-refractivity contribution in [1.29, 1.82) is 0 Å². The van der Waals surface area contributed by atoms with Crippen LogP contribution in [0.1, 0.15) is 0 Å². The number of nitrogens with one attached hydrogen (secondary N) is 3. The first-order valence-corrected chi connectivity index (χ1v) is 2.12. The van der Waals surface area contributed by atoms with Gasteiger partial charge in [-0.25, -0.2) is 5.12 Å². The normalized spacial score (nSPS) is 18.0. The first-order valence-electron chi connectivity index (χ1n) is 2.12. The van der Waals surface area contributed by atoms with E-state index >= 15 is 0 Å². The van der Waals surface area contributed by atoms with Crippen molar-refractivity contribution in [1.82, 2.24) is 5.43 Å². The molecule has 6 nitrogen and oxygen atoms in total. The minimum atomic E-state index is -1.00. The minimum absolute atomic E-state index is 0.0625. The summed E-state index contributed by atoms with van der Waals surface area (Å²) >= 11 is 0. The Morgan fingerprint density at radius 3 is 2.38 bits per heavy atom. The summed E-state index contributed by atoms with van der Waals surface area (Å²) in [4.78, 5) is 0. The Bertz CT molecular complexity index is 58.0. The maximum absolute atomic E-state index is 9.92. The maximum atomic E-state index is 9.92. The van der Waals surface area contributed by atoms with Gasteiger partial charge in [0.2, 0.25) is 0 Å². The molecule has 0 bridgehead atoms. The Morgan fingerprint density at radius 2 is 2.25 bits per heavy atom. The first kappa shape index (κ1) is 7.76. The van der Waals surface area contributed by atoms with Gasteiger partial charge in [0.25, 0.3) is 0 Å². The van der Waals surface area contributed by atoms with Crippen LogP contribution in [-0.2, 0) is 0 Å². The Hall–Kier alpha value is -0.240. The number of quaternary nitrogens is 2. The SMILES string of the molecule is CN[N-][NH+](C)[NH+]([O-])O. The smallest absolute Gasteiger partial charge is 0.104 e. The summed E-state index contributed by atoms with van der Waals surface area (Å²) in [5, 5.41) is 17.1. The summed E-state index contributed by atoms with van der Waals surface area (Å²) in [6, 6.07) is 0. The second-order valence-corrected chi connectivity index (χ2v) is 1.23. The molecular formula is C2H10N4O2. The molecule has 0 saturated carbocycles. The van der Waals surface area contributed by atoms with E-state index in [9.17, 15) is 5.21 Å². The average molecular weight is 122 g/mol. The lowest BCUT2D eigenvalue weighted by atomic mass is 11.4. The number of hydrogen-bond acceptors (Lipinski definition) is 3. The van der Waals surface area contributed by atoms with Gasteiger partial charge in [-0.15, -0.1) is 0 Å². The molecule has 2 unspecified atom stereocenters. The van der Waals surface area contributed by atoms with Gasteiger partial charge in [0.1, 0.15) is 7.05 Å². The van der Waals surface area contributed by atoms with Crippen LogP contribution in [0.3, 0.4) is 0 Å². The lowest BCUT2D eigenvalue weighted by Crippen LogP contribution is -3.54. The summed E-state index contributed by atoms with van der Waals surface area (Å²) in [5.74, 6) is 0. The van der Waals surface area contributed by atoms with Crippen LogP contribution in [0.25, 0.3) is 5.53 Å². The van der Waals surface area contributed by atoms with Crippen LogP contribution in [-0.4, -0.2) is 19.3 Å². The van der Waals surface area contributed by atoms with E-state index in [0.717, 1.165) is 0 Å². The summed E-state index contributed by atoms with van der Waals surface area (Å²) in [5.41, 5.74) is 5.75. The molecule has 0 aliphatic heterocycles. The lowest BCUT2D eigenvalue weighted by Gasteiger charge is -2.28. The Balaban J connectivity index is 3.17. The predicted octanol–water partition coefficient (Wildman–Crippen LogP) is -3.39. The van der Waals surface area contributed by atoms with Crippen LogP contribution in [0.4, 0.5) is 0 Å². The Labute approximate surface area is 47.1 Å². The molecule has 0 aliphatic rings. The van der Waals surface area contributed by atoms with Crippen molar-refractivity contribution in [3.63, 3.8) is 0 Å². The van der Waals surface area contributed by atoms with Gasteiger partial charge < -0.3 is 16.2 Å². The molecular weight excluding hydrogens is 112 g/mol. The van der Waals surface area contributed by atoms with Gasteiger partial charge >= 0.3 is 0 Å². The molecule has 2 atom stereocenters. The monoisotopic (exact) mass is 122 g/mol. The van der Waals surface area contributed by atoms with Crippen LogP contribution in [0.15, 0.2) is 0 Å². The third-order valence-corrected chi connectivity index (χ3v) is 0.589. The molecule has 50 valence electrons. The van der Waals surface area contributed by atoms with E-state index in [1.54, 1.807) is 7.05 Å². The molecule has 0 aromatic carbocycles. The Morgan fingerprint density at radius 1 is 1.75 bits per heavy atom. The van der Waals surface area contributed by atoms with Crippen LogP contribution in [0, 0.1) is 5.21 Å². The van der Waals surface area contributed by atoms with Gasteiger partial charge in [-0.2, -0.15) is 5.21 Å². The first-order chi connectivity index (χ1) is 3.68. The zero-order valence-corrected chi connectivity index (χ0v) is 4.80. The van der Waals surface area contributed by atoms with Gasteiger partial charge in [-0.3, -0.25) is 0 Å². The van der Waals surface area contributed by atoms with Crippen LogP contribution in [0.2, 0.25) is 0 Å². The van der Waals surface area contributed by atoms with Crippen molar-refractivity contribution in [2.24, 2.45) is 0 Å². The summed E-state index contributed by atoms with van der Waals surface area (Å²) in [6.07, 6.45) is 0. The molecule has 0 spiro atoms. The van der Waals surface area contributed by atoms with E-state index in [1.807, 2.05) is 0 Å².